The predicted octanol–water partition coefficient (Wildman–Crippen LogP) is 1.91. The Morgan fingerprint density at radius 3 is 2.90 bits per heavy atom. The lowest BCUT2D eigenvalue weighted by molar-refractivity contribution is 0.0518. The Kier molecular flexibility index (Phi) is 2.98. The van der Waals surface area contributed by atoms with Crippen LogP contribution in [0.5, 0.6) is 0 Å². The molecule has 0 radical (unpaired) electrons. The van der Waals surface area contributed by atoms with E-state index >= 15 is 0 Å². The van der Waals surface area contributed by atoms with Gasteiger partial charge in [0.1, 0.15) is 5.65 Å². The van der Waals surface area contributed by atoms with Crippen molar-refractivity contribution in [1.29, 1.82) is 0 Å². The fraction of sp³-hybridized carbons (Fsp3) is 0.214. The van der Waals surface area contributed by atoms with Gasteiger partial charge in [-0.2, -0.15) is 5.10 Å². The van der Waals surface area contributed by atoms with Gasteiger partial charge in [-0.05, 0) is 25.1 Å². The zero-order valence-corrected chi connectivity index (χ0v) is 11.3. The highest BCUT2D eigenvalue weighted by molar-refractivity contribution is 5.88. The number of aryl methyl sites for hydroxylation is 1. The number of hydrogen-bond acceptors (Lipinski definition) is 4. The first-order chi connectivity index (χ1) is 9.69. The van der Waals surface area contributed by atoms with Crippen molar-refractivity contribution >= 4 is 11.6 Å². The van der Waals surface area contributed by atoms with Crippen molar-refractivity contribution in [2.24, 2.45) is 7.05 Å². The summed E-state index contributed by atoms with van der Waals surface area (Å²) in [6.45, 7) is 2.12. The molecule has 0 spiro atoms. The van der Waals surface area contributed by atoms with Crippen LogP contribution in [0.1, 0.15) is 17.4 Å². The first-order valence-electron chi connectivity index (χ1n) is 6.33. The fourth-order valence-electron chi connectivity index (χ4n) is 2.07. The maximum atomic E-state index is 11.8. The average Bonchev–Trinajstić information content (AvgIpc) is 3.04. The Morgan fingerprint density at radius 2 is 2.20 bits per heavy atom. The smallest absolute Gasteiger partial charge is 0.356 e. The molecule has 0 saturated carbocycles. The molecule has 0 atom stereocenters. The van der Waals surface area contributed by atoms with Crippen molar-refractivity contribution in [2.45, 2.75) is 6.92 Å². The van der Waals surface area contributed by atoms with Crippen LogP contribution < -0.4 is 0 Å². The van der Waals surface area contributed by atoms with Crippen molar-refractivity contribution in [3.05, 3.63) is 42.5 Å². The van der Waals surface area contributed by atoms with Crippen molar-refractivity contribution in [1.82, 2.24) is 19.2 Å². The van der Waals surface area contributed by atoms with Crippen LogP contribution in [0.25, 0.3) is 16.9 Å². The molecule has 102 valence electrons. The largest absolute Gasteiger partial charge is 0.461 e. The van der Waals surface area contributed by atoms with Crippen LogP contribution in [0.15, 0.2) is 36.8 Å². The molecule has 0 unspecified atom stereocenters. The molecule has 0 saturated heterocycles. The zero-order chi connectivity index (χ0) is 14.1. The van der Waals surface area contributed by atoms with E-state index in [1.807, 2.05) is 31.4 Å². The Balaban J connectivity index is 2.03. The molecule has 3 aromatic rings. The van der Waals surface area contributed by atoms with Crippen LogP contribution in [0.3, 0.4) is 0 Å². The number of aromatic nitrogens is 4. The molecular weight excluding hydrogens is 256 g/mol. The number of ether oxygens (including phenoxy) is 1. The van der Waals surface area contributed by atoms with Crippen LogP contribution >= 0.6 is 0 Å². The minimum Gasteiger partial charge on any atom is -0.461 e. The lowest BCUT2D eigenvalue weighted by atomic mass is 10.2. The minimum absolute atomic E-state index is 0.345. The van der Waals surface area contributed by atoms with E-state index in [9.17, 15) is 4.79 Å². The van der Waals surface area contributed by atoms with Crippen LogP contribution in [-0.4, -0.2) is 31.7 Å². The van der Waals surface area contributed by atoms with Crippen LogP contribution in [-0.2, 0) is 11.8 Å². The maximum Gasteiger partial charge on any atom is 0.356 e. The zero-order valence-electron chi connectivity index (χ0n) is 11.3. The van der Waals surface area contributed by atoms with E-state index in [0.717, 1.165) is 11.3 Å². The van der Waals surface area contributed by atoms with E-state index in [4.69, 9.17) is 4.74 Å². The number of imidazole rings is 1. The van der Waals surface area contributed by atoms with E-state index in [0.29, 0.717) is 17.9 Å². The number of pyridine rings is 1. The highest BCUT2D eigenvalue weighted by atomic mass is 16.5. The van der Waals surface area contributed by atoms with Crippen molar-refractivity contribution < 1.29 is 9.53 Å². The van der Waals surface area contributed by atoms with Crippen LogP contribution in [0.2, 0.25) is 0 Å². The van der Waals surface area contributed by atoms with Crippen LogP contribution in [0.4, 0.5) is 0 Å². The van der Waals surface area contributed by atoms with Crippen molar-refractivity contribution in [3.8, 4) is 11.3 Å². The predicted molar refractivity (Wildman–Crippen MR) is 73.4 cm³/mol. The van der Waals surface area contributed by atoms with E-state index < -0.39 is 0 Å². The summed E-state index contributed by atoms with van der Waals surface area (Å²) in [5.74, 6) is -0.370. The van der Waals surface area contributed by atoms with Gasteiger partial charge < -0.3 is 4.74 Å². The number of hydrogen-bond donors (Lipinski definition) is 0. The van der Waals surface area contributed by atoms with Gasteiger partial charge >= 0.3 is 5.97 Å². The molecule has 0 aliphatic rings. The lowest BCUT2D eigenvalue weighted by Crippen LogP contribution is -2.07. The summed E-state index contributed by atoms with van der Waals surface area (Å²) >= 11 is 0. The minimum atomic E-state index is -0.370. The number of rotatable bonds is 3. The van der Waals surface area contributed by atoms with Gasteiger partial charge in [0, 0.05) is 25.0 Å². The second kappa shape index (κ2) is 4.80. The van der Waals surface area contributed by atoms with Gasteiger partial charge in [-0.1, -0.05) is 0 Å². The Morgan fingerprint density at radius 1 is 1.35 bits per heavy atom. The molecule has 0 bridgehead atoms. The summed E-state index contributed by atoms with van der Waals surface area (Å²) in [7, 11) is 1.87. The van der Waals surface area contributed by atoms with Gasteiger partial charge in [0.25, 0.3) is 0 Å². The summed E-state index contributed by atoms with van der Waals surface area (Å²) in [6, 6.07) is 5.73. The fourth-order valence-corrected chi connectivity index (χ4v) is 2.07. The molecule has 3 heterocycles. The molecule has 0 aliphatic heterocycles. The topological polar surface area (TPSA) is 61.4 Å². The molecule has 0 N–H and O–H groups in total. The Bertz CT molecular complexity index is 772. The molecule has 3 rings (SSSR count). The molecule has 0 aromatic carbocycles. The number of fused-ring (bicyclic) bond motifs is 1. The van der Waals surface area contributed by atoms with Gasteiger partial charge in [0.15, 0.2) is 5.69 Å². The molecule has 0 amide bonds. The third-order valence-electron chi connectivity index (χ3n) is 3.01. The highest BCUT2D eigenvalue weighted by Gasteiger charge is 2.13. The van der Waals surface area contributed by atoms with Crippen molar-refractivity contribution in [3.63, 3.8) is 0 Å². The van der Waals surface area contributed by atoms with Gasteiger partial charge in [0.2, 0.25) is 0 Å². The SMILES string of the molecule is CCOC(=O)c1cnc2cc(-c3ccn(C)n3)ccn12. The molecule has 20 heavy (non-hydrogen) atoms. The van der Waals surface area contributed by atoms with E-state index in [-0.39, 0.29) is 5.97 Å². The number of carbonyl (C=O) groups excluding carboxylic acids is 1. The summed E-state index contributed by atoms with van der Waals surface area (Å²) in [5, 5.41) is 4.35. The van der Waals surface area contributed by atoms with Gasteiger partial charge in [0.05, 0.1) is 18.5 Å². The normalized spacial score (nSPS) is 10.9. The maximum absolute atomic E-state index is 11.8. The number of nitrogens with zero attached hydrogens (tertiary/aromatic N) is 4. The molecule has 0 fully saturated rings. The first-order valence-corrected chi connectivity index (χ1v) is 6.33. The summed E-state index contributed by atoms with van der Waals surface area (Å²) in [4.78, 5) is 16.0. The number of esters is 1. The summed E-state index contributed by atoms with van der Waals surface area (Å²) < 4.78 is 8.46. The molecule has 0 aliphatic carbocycles. The Hall–Kier alpha value is -2.63. The summed E-state index contributed by atoms with van der Waals surface area (Å²) in [5.41, 5.74) is 2.94. The first kappa shape index (κ1) is 12.4. The molecule has 6 nitrogen and oxygen atoms in total. The van der Waals surface area contributed by atoms with E-state index in [2.05, 4.69) is 10.1 Å². The average molecular weight is 270 g/mol. The van der Waals surface area contributed by atoms with Crippen molar-refractivity contribution in [2.75, 3.05) is 6.61 Å². The second-order valence-electron chi connectivity index (χ2n) is 4.38. The molecule has 6 heteroatoms. The van der Waals surface area contributed by atoms with Gasteiger partial charge in [-0.15, -0.1) is 0 Å². The second-order valence-corrected chi connectivity index (χ2v) is 4.38. The third-order valence-corrected chi connectivity index (χ3v) is 3.01. The molecule has 3 aromatic heterocycles. The molecular formula is C14H14N4O2. The highest BCUT2D eigenvalue weighted by Crippen LogP contribution is 2.19. The quantitative estimate of drug-likeness (QED) is 0.682. The monoisotopic (exact) mass is 270 g/mol. The summed E-state index contributed by atoms with van der Waals surface area (Å²) in [6.07, 6.45) is 5.21. The third kappa shape index (κ3) is 2.05. The lowest BCUT2D eigenvalue weighted by Gasteiger charge is -2.02. The van der Waals surface area contributed by atoms with E-state index in [1.165, 1.54) is 6.20 Å². The number of carbonyl (C=O) groups is 1. The van der Waals surface area contributed by atoms with Gasteiger partial charge in [-0.3, -0.25) is 9.08 Å². The Labute approximate surface area is 115 Å². The van der Waals surface area contributed by atoms with Gasteiger partial charge in [-0.25, -0.2) is 9.78 Å². The van der Waals surface area contributed by atoms with E-state index in [1.54, 1.807) is 22.2 Å². The van der Waals surface area contributed by atoms with Crippen LogP contribution in [0, 0.1) is 0 Å². The standard InChI is InChI=1S/C14H14N4O2/c1-3-20-14(19)12-9-15-13-8-10(4-7-18(12)13)11-5-6-17(2)16-11/h4-9H,3H2,1-2H3.